The highest BCUT2D eigenvalue weighted by Crippen LogP contribution is 2.36. The molecule has 0 spiro atoms. The maximum absolute atomic E-state index is 14.7. The fraction of sp³-hybridized carbons (Fsp3) is 0.393. The number of ether oxygens (including phenoxy) is 1. The van der Waals surface area contributed by atoms with Crippen LogP contribution in [-0.2, 0) is 20.0 Å². The molecule has 0 saturated carbocycles. The van der Waals surface area contributed by atoms with Crippen LogP contribution in [0.2, 0.25) is 0 Å². The molecular formula is C28H34FN5O3. The molecule has 0 fully saturated rings. The normalized spacial score (nSPS) is 12.8. The van der Waals surface area contributed by atoms with E-state index in [1.807, 2.05) is 64.5 Å². The number of hydrogen-bond acceptors (Lipinski definition) is 6. The highest BCUT2D eigenvalue weighted by molar-refractivity contribution is 5.86. The number of aliphatic hydroxyl groups is 1. The lowest BCUT2D eigenvalue weighted by atomic mass is 9.85. The second-order valence-electron chi connectivity index (χ2n) is 10.3. The van der Waals surface area contributed by atoms with Crippen molar-refractivity contribution in [3.05, 3.63) is 70.7 Å². The number of nitrogens with one attached hydrogen (secondary N) is 1. The van der Waals surface area contributed by atoms with Crippen LogP contribution in [0.15, 0.2) is 36.7 Å². The molecule has 0 amide bonds. The first-order chi connectivity index (χ1) is 17.6. The molecule has 196 valence electrons. The smallest absolute Gasteiger partial charge is 0.156 e. The summed E-state index contributed by atoms with van der Waals surface area (Å²) >= 11 is 0. The van der Waals surface area contributed by atoms with Gasteiger partial charge in [0.2, 0.25) is 0 Å². The maximum atomic E-state index is 14.7. The van der Waals surface area contributed by atoms with Gasteiger partial charge in [0, 0.05) is 48.6 Å². The highest BCUT2D eigenvalue weighted by Gasteiger charge is 2.30. The number of carbonyl (C=O) groups excluding carboxylic acids is 1. The first-order valence-electron chi connectivity index (χ1n) is 12.3. The van der Waals surface area contributed by atoms with Gasteiger partial charge in [0.25, 0.3) is 0 Å². The van der Waals surface area contributed by atoms with Gasteiger partial charge in [-0.3, -0.25) is 9.48 Å². The molecule has 3 aromatic heterocycles. The Kier molecular flexibility index (Phi) is 7.47. The number of aldehydes is 1. The molecule has 9 heteroatoms. The quantitative estimate of drug-likeness (QED) is 0.326. The molecule has 0 radical (unpaired) electrons. The Balaban J connectivity index is 1.69. The molecule has 0 saturated heterocycles. The summed E-state index contributed by atoms with van der Waals surface area (Å²) in [6.07, 6.45) is 3.87. The molecule has 37 heavy (non-hydrogen) atoms. The van der Waals surface area contributed by atoms with E-state index in [9.17, 15) is 14.3 Å². The summed E-state index contributed by atoms with van der Waals surface area (Å²) in [5, 5.41) is 18.6. The Labute approximate surface area is 216 Å². The van der Waals surface area contributed by atoms with Crippen molar-refractivity contribution in [3.8, 4) is 16.9 Å². The van der Waals surface area contributed by atoms with E-state index < -0.39 is 17.3 Å². The number of halogens is 1. The lowest BCUT2D eigenvalue weighted by molar-refractivity contribution is 0.0575. The largest absolute Gasteiger partial charge is 0.492 e. The molecule has 1 atom stereocenters. The van der Waals surface area contributed by atoms with Gasteiger partial charge in [0.1, 0.15) is 23.3 Å². The molecule has 0 bridgehead atoms. The van der Waals surface area contributed by atoms with Gasteiger partial charge >= 0.3 is 0 Å². The molecule has 2 N–H and O–H groups in total. The minimum atomic E-state index is -0.758. The Morgan fingerprint density at radius 3 is 2.68 bits per heavy atom. The molecular weight excluding hydrogens is 473 g/mol. The van der Waals surface area contributed by atoms with Crippen LogP contribution in [0, 0.1) is 18.2 Å². The third kappa shape index (κ3) is 5.14. The third-order valence-electron chi connectivity index (χ3n) is 6.68. The topological polar surface area (TPSA) is 93.7 Å². The van der Waals surface area contributed by atoms with Gasteiger partial charge in [-0.05, 0) is 43.7 Å². The number of aromatic nitrogens is 4. The van der Waals surface area contributed by atoms with Crippen LogP contribution in [0.1, 0.15) is 59.9 Å². The van der Waals surface area contributed by atoms with Crippen LogP contribution in [0.4, 0.5) is 4.39 Å². The average Bonchev–Trinajstić information content (AvgIpc) is 3.38. The van der Waals surface area contributed by atoms with E-state index in [-0.39, 0.29) is 17.9 Å². The summed E-state index contributed by atoms with van der Waals surface area (Å²) < 4.78 is 24.5. The predicted octanol–water partition coefficient (Wildman–Crippen LogP) is 4.42. The molecule has 0 aliphatic carbocycles. The lowest BCUT2D eigenvalue weighted by Crippen LogP contribution is -2.20. The molecule has 4 rings (SSSR count). The van der Waals surface area contributed by atoms with Gasteiger partial charge in [-0.2, -0.15) is 5.10 Å². The Morgan fingerprint density at radius 2 is 2.00 bits per heavy atom. The molecule has 0 aliphatic rings. The maximum Gasteiger partial charge on any atom is 0.156 e. The zero-order valence-electron chi connectivity index (χ0n) is 22.2. The number of fused-ring (bicyclic) bond motifs is 1. The number of carbonyl (C=O) groups is 1. The van der Waals surface area contributed by atoms with Crippen LogP contribution in [0.25, 0.3) is 16.8 Å². The van der Waals surface area contributed by atoms with Crippen LogP contribution < -0.4 is 10.1 Å². The van der Waals surface area contributed by atoms with E-state index in [0.717, 1.165) is 28.2 Å². The molecule has 0 aliphatic heterocycles. The Bertz CT molecular complexity index is 1430. The van der Waals surface area contributed by atoms with E-state index in [4.69, 9.17) is 4.74 Å². The van der Waals surface area contributed by atoms with E-state index in [0.29, 0.717) is 30.5 Å². The number of aryl methyl sites for hydroxylation is 1. The number of aliphatic hydroxyl groups excluding tert-OH is 1. The zero-order chi connectivity index (χ0) is 26.9. The first-order valence-corrected chi connectivity index (χ1v) is 12.3. The average molecular weight is 508 g/mol. The fourth-order valence-corrected chi connectivity index (χ4v) is 4.44. The third-order valence-corrected chi connectivity index (χ3v) is 6.68. The summed E-state index contributed by atoms with van der Waals surface area (Å²) in [5.74, 6) is -0.459. The lowest BCUT2D eigenvalue weighted by Gasteiger charge is -2.25. The Morgan fingerprint density at radius 1 is 1.24 bits per heavy atom. The molecule has 8 nitrogen and oxygen atoms in total. The van der Waals surface area contributed by atoms with Crippen molar-refractivity contribution in [1.29, 1.82) is 0 Å². The summed E-state index contributed by atoms with van der Waals surface area (Å²) in [4.78, 5) is 16.3. The second-order valence-corrected chi connectivity index (χ2v) is 10.3. The predicted molar refractivity (Wildman–Crippen MR) is 140 cm³/mol. The van der Waals surface area contributed by atoms with Crippen LogP contribution in [0.5, 0.6) is 5.75 Å². The number of nitrogens with zero attached hydrogens (tertiary/aromatic N) is 4. The summed E-state index contributed by atoms with van der Waals surface area (Å²) in [5.41, 5.74) is 5.00. The SMILES string of the molecule is CNCc1cnc2ccc(-c3ccc(F)c(C=O)c3OCCc3c(C(O)C(C)(C)C)nn(C)c3C)cn12. The van der Waals surface area contributed by atoms with E-state index in [1.54, 1.807) is 16.9 Å². The van der Waals surface area contributed by atoms with E-state index >= 15 is 0 Å². The molecule has 1 aromatic carbocycles. The minimum absolute atomic E-state index is 0.128. The fourth-order valence-electron chi connectivity index (χ4n) is 4.44. The molecule has 3 heterocycles. The summed E-state index contributed by atoms with van der Waals surface area (Å²) in [6.45, 7) is 8.61. The van der Waals surface area contributed by atoms with Gasteiger partial charge in [-0.15, -0.1) is 0 Å². The number of rotatable bonds is 9. The second kappa shape index (κ2) is 10.4. The molecule has 1 unspecified atom stereocenters. The van der Waals surface area contributed by atoms with Crippen molar-refractivity contribution in [2.45, 2.75) is 46.8 Å². The number of pyridine rings is 1. The number of benzene rings is 1. The van der Waals surface area contributed by atoms with Crippen molar-refractivity contribution in [2.75, 3.05) is 13.7 Å². The Hall–Kier alpha value is -3.56. The zero-order valence-corrected chi connectivity index (χ0v) is 22.2. The number of hydrogen-bond donors (Lipinski definition) is 2. The minimum Gasteiger partial charge on any atom is -0.492 e. The van der Waals surface area contributed by atoms with Crippen molar-refractivity contribution >= 4 is 11.9 Å². The van der Waals surface area contributed by atoms with Gasteiger partial charge in [-0.1, -0.05) is 20.8 Å². The van der Waals surface area contributed by atoms with Crippen LogP contribution >= 0.6 is 0 Å². The van der Waals surface area contributed by atoms with Crippen molar-refractivity contribution in [3.63, 3.8) is 0 Å². The van der Waals surface area contributed by atoms with Gasteiger partial charge in [-0.25, -0.2) is 9.37 Å². The van der Waals surface area contributed by atoms with Crippen LogP contribution in [0.3, 0.4) is 0 Å². The monoisotopic (exact) mass is 507 g/mol. The first kappa shape index (κ1) is 26.5. The van der Waals surface area contributed by atoms with Crippen LogP contribution in [-0.4, -0.2) is 44.2 Å². The van der Waals surface area contributed by atoms with Crippen molar-refractivity contribution < 1.29 is 19.0 Å². The van der Waals surface area contributed by atoms with Crippen molar-refractivity contribution in [1.82, 2.24) is 24.5 Å². The van der Waals surface area contributed by atoms with Gasteiger partial charge in [0.15, 0.2) is 6.29 Å². The highest BCUT2D eigenvalue weighted by atomic mass is 19.1. The van der Waals surface area contributed by atoms with E-state index in [2.05, 4.69) is 15.4 Å². The summed E-state index contributed by atoms with van der Waals surface area (Å²) in [7, 11) is 3.70. The summed E-state index contributed by atoms with van der Waals surface area (Å²) in [6, 6.07) is 6.66. The van der Waals surface area contributed by atoms with Gasteiger partial charge < -0.3 is 19.6 Å². The standard InChI is InChI=1S/C28H34FN5O3/c1-17-20(25(32-33(17)6)27(36)28(2,3)4)11-12-37-26-21(8-9-23(29)22(26)16-35)18-7-10-24-31-14-19(13-30-5)34(24)15-18/h7-10,14-16,27,30,36H,11-13H2,1-6H3. The van der Waals surface area contributed by atoms with E-state index in [1.165, 1.54) is 6.07 Å². The number of imidazole rings is 1. The van der Waals surface area contributed by atoms with Gasteiger partial charge in [0.05, 0.1) is 29.8 Å². The van der Waals surface area contributed by atoms with Crippen molar-refractivity contribution in [2.24, 2.45) is 12.5 Å². The molecule has 4 aromatic rings.